The van der Waals surface area contributed by atoms with Gasteiger partial charge in [-0.15, -0.1) is 0 Å². The fourth-order valence-electron chi connectivity index (χ4n) is 3.14. The molecule has 1 aliphatic rings. The lowest BCUT2D eigenvalue weighted by molar-refractivity contribution is -0.146. The summed E-state index contributed by atoms with van der Waals surface area (Å²) in [5.74, 6) is 0.496. The summed E-state index contributed by atoms with van der Waals surface area (Å²) in [6.07, 6.45) is 4.31. The normalized spacial score (nSPS) is 20.1. The molecule has 0 N–H and O–H groups in total. The number of hydrogen-bond acceptors (Lipinski definition) is 5. The molecule has 0 radical (unpaired) electrons. The van der Waals surface area contributed by atoms with Gasteiger partial charge in [0, 0.05) is 18.8 Å². The van der Waals surface area contributed by atoms with Gasteiger partial charge in [0.15, 0.2) is 0 Å². The molecule has 0 aliphatic heterocycles. The molecule has 0 atom stereocenters. The second-order valence-electron chi connectivity index (χ2n) is 7.79. The van der Waals surface area contributed by atoms with E-state index in [9.17, 15) is 9.59 Å². The average Bonchev–Trinajstić information content (AvgIpc) is 2.60. The molecule has 1 saturated carbocycles. The molecule has 1 aromatic rings. The number of anilines is 1. The second-order valence-corrected chi connectivity index (χ2v) is 9.05. The van der Waals surface area contributed by atoms with Gasteiger partial charge >= 0.3 is 12.1 Å². The van der Waals surface area contributed by atoms with Crippen molar-refractivity contribution in [1.82, 2.24) is 4.98 Å². The van der Waals surface area contributed by atoms with Crippen molar-refractivity contribution in [3.05, 3.63) is 21.8 Å². The smallest absolute Gasteiger partial charge is 0.416 e. The number of carbonyl (C=O) groups is 2. The van der Waals surface area contributed by atoms with Crippen LogP contribution in [0.25, 0.3) is 0 Å². The molecule has 0 unspecified atom stereocenters. The van der Waals surface area contributed by atoms with Crippen molar-refractivity contribution in [1.29, 1.82) is 0 Å². The highest BCUT2D eigenvalue weighted by molar-refractivity contribution is 9.10. The van der Waals surface area contributed by atoms with Crippen molar-refractivity contribution in [2.24, 2.45) is 11.8 Å². The van der Waals surface area contributed by atoms with Crippen LogP contribution in [0.2, 0.25) is 5.02 Å². The van der Waals surface area contributed by atoms with Crippen molar-refractivity contribution in [2.75, 3.05) is 18.6 Å². The molecule has 27 heavy (non-hydrogen) atoms. The molecule has 2 rings (SSSR count). The number of aromatic nitrogens is 1. The van der Waals surface area contributed by atoms with E-state index in [0.29, 0.717) is 21.9 Å². The maximum atomic E-state index is 12.8. The Kier molecular flexibility index (Phi) is 7.51. The largest absolute Gasteiger partial charge is 0.469 e. The number of carbonyl (C=O) groups excluding carboxylic acids is 2. The Labute approximate surface area is 173 Å². The maximum Gasteiger partial charge on any atom is 0.416 e. The quantitative estimate of drug-likeness (QED) is 0.575. The van der Waals surface area contributed by atoms with Gasteiger partial charge in [0.25, 0.3) is 0 Å². The molecule has 6 nitrogen and oxygen atoms in total. The van der Waals surface area contributed by atoms with E-state index < -0.39 is 11.7 Å². The molecule has 0 saturated heterocycles. The minimum absolute atomic E-state index is 0.0542. The van der Waals surface area contributed by atoms with Crippen molar-refractivity contribution in [3.63, 3.8) is 0 Å². The summed E-state index contributed by atoms with van der Waals surface area (Å²) in [5.41, 5.74) is -0.614. The van der Waals surface area contributed by atoms with Gasteiger partial charge in [-0.2, -0.15) is 0 Å². The number of halogens is 2. The van der Waals surface area contributed by atoms with E-state index in [1.807, 2.05) is 20.8 Å². The summed E-state index contributed by atoms with van der Waals surface area (Å²) in [6.45, 7) is 5.94. The van der Waals surface area contributed by atoms with Crippen LogP contribution < -0.4 is 4.90 Å². The van der Waals surface area contributed by atoms with Gasteiger partial charge in [0.05, 0.1) is 22.5 Å². The Morgan fingerprint density at radius 2 is 1.93 bits per heavy atom. The number of esters is 1. The standard InChI is InChI=1S/C19H26BrClN2O4/c1-19(2,3)27-18(25)23(16-9-15(21)14(20)10-22-16)11-12-5-7-13(8-6-12)17(24)26-4/h9-10,12-13H,5-8,11H2,1-4H3. The zero-order chi connectivity index (χ0) is 20.2. The van der Waals surface area contributed by atoms with Gasteiger partial charge in [0.2, 0.25) is 0 Å². The van der Waals surface area contributed by atoms with Gasteiger partial charge < -0.3 is 9.47 Å². The topological polar surface area (TPSA) is 68.7 Å². The lowest BCUT2D eigenvalue weighted by atomic mass is 9.82. The van der Waals surface area contributed by atoms with Gasteiger partial charge in [0.1, 0.15) is 11.4 Å². The van der Waals surface area contributed by atoms with Crippen LogP contribution in [-0.4, -0.2) is 36.3 Å². The first-order valence-corrected chi connectivity index (χ1v) is 10.2. The van der Waals surface area contributed by atoms with E-state index in [0.717, 1.165) is 25.7 Å². The first-order chi connectivity index (χ1) is 12.6. The predicted octanol–water partition coefficient (Wildman–Crippen LogP) is 5.22. The number of ether oxygens (including phenoxy) is 2. The molecule has 1 amide bonds. The van der Waals surface area contributed by atoms with E-state index in [1.165, 1.54) is 12.0 Å². The first-order valence-electron chi connectivity index (χ1n) is 9.00. The third-order valence-corrected chi connectivity index (χ3v) is 5.68. The minimum atomic E-state index is -0.614. The van der Waals surface area contributed by atoms with Crippen LogP contribution in [0, 0.1) is 11.8 Å². The Morgan fingerprint density at radius 3 is 2.44 bits per heavy atom. The van der Waals surface area contributed by atoms with Crippen molar-refractivity contribution < 1.29 is 19.1 Å². The lowest BCUT2D eigenvalue weighted by Crippen LogP contribution is -2.41. The number of nitrogens with zero attached hydrogens (tertiary/aromatic N) is 2. The summed E-state index contributed by atoms with van der Waals surface area (Å²) in [4.78, 5) is 30.4. The van der Waals surface area contributed by atoms with Crippen molar-refractivity contribution >= 4 is 45.4 Å². The van der Waals surface area contributed by atoms with Crippen LogP contribution in [-0.2, 0) is 14.3 Å². The van der Waals surface area contributed by atoms with E-state index in [2.05, 4.69) is 20.9 Å². The summed E-state index contributed by atoms with van der Waals surface area (Å²) >= 11 is 9.51. The molecule has 0 aromatic carbocycles. The highest BCUT2D eigenvalue weighted by Gasteiger charge is 2.31. The number of hydrogen-bond donors (Lipinski definition) is 0. The Hall–Kier alpha value is -1.34. The van der Waals surface area contributed by atoms with Crippen molar-refractivity contribution in [3.8, 4) is 0 Å². The minimum Gasteiger partial charge on any atom is -0.469 e. The molecule has 1 aromatic heterocycles. The van der Waals surface area contributed by atoms with Crippen LogP contribution in [0.4, 0.5) is 10.6 Å². The monoisotopic (exact) mass is 460 g/mol. The number of methoxy groups -OCH3 is 1. The molecular formula is C19H26BrClN2O4. The SMILES string of the molecule is COC(=O)C1CCC(CN(C(=O)OC(C)(C)C)c2cc(Cl)c(Br)cn2)CC1. The van der Waals surface area contributed by atoms with Crippen LogP contribution in [0.1, 0.15) is 46.5 Å². The van der Waals surface area contributed by atoms with E-state index in [-0.39, 0.29) is 17.8 Å². The van der Waals surface area contributed by atoms with Gasteiger partial charge in [-0.25, -0.2) is 9.78 Å². The molecular weight excluding hydrogens is 436 g/mol. The van der Waals surface area contributed by atoms with Gasteiger partial charge in [-0.3, -0.25) is 9.69 Å². The second kappa shape index (κ2) is 9.24. The zero-order valence-corrected chi connectivity index (χ0v) is 18.5. The summed E-state index contributed by atoms with van der Waals surface area (Å²) in [6, 6.07) is 1.65. The van der Waals surface area contributed by atoms with Gasteiger partial charge in [-0.05, 0) is 68.3 Å². The number of pyridine rings is 1. The number of rotatable bonds is 4. The molecule has 1 fully saturated rings. The molecule has 1 heterocycles. The van der Waals surface area contributed by atoms with E-state index in [4.69, 9.17) is 21.1 Å². The summed E-state index contributed by atoms with van der Waals surface area (Å²) in [5, 5.41) is 0.475. The third kappa shape index (κ3) is 6.35. The van der Waals surface area contributed by atoms with E-state index >= 15 is 0 Å². The Balaban J connectivity index is 2.14. The highest BCUT2D eigenvalue weighted by Crippen LogP contribution is 2.32. The van der Waals surface area contributed by atoms with Crippen LogP contribution in [0.15, 0.2) is 16.7 Å². The maximum absolute atomic E-state index is 12.8. The fourth-order valence-corrected chi connectivity index (χ4v) is 3.50. The summed E-state index contributed by atoms with van der Waals surface area (Å²) in [7, 11) is 1.42. The van der Waals surface area contributed by atoms with Crippen LogP contribution in [0.3, 0.4) is 0 Å². The van der Waals surface area contributed by atoms with Gasteiger partial charge in [-0.1, -0.05) is 11.6 Å². The molecule has 0 spiro atoms. The first kappa shape index (κ1) is 22.0. The van der Waals surface area contributed by atoms with Crippen LogP contribution in [0.5, 0.6) is 0 Å². The van der Waals surface area contributed by atoms with Crippen molar-refractivity contribution in [2.45, 2.75) is 52.1 Å². The van der Waals surface area contributed by atoms with E-state index in [1.54, 1.807) is 12.3 Å². The molecule has 8 heteroatoms. The Bertz CT molecular complexity index is 685. The highest BCUT2D eigenvalue weighted by atomic mass is 79.9. The molecule has 150 valence electrons. The lowest BCUT2D eigenvalue weighted by Gasteiger charge is -2.32. The summed E-state index contributed by atoms with van der Waals surface area (Å²) < 4.78 is 11.1. The Morgan fingerprint density at radius 1 is 1.30 bits per heavy atom. The zero-order valence-electron chi connectivity index (χ0n) is 16.1. The number of amides is 1. The molecule has 1 aliphatic carbocycles. The fraction of sp³-hybridized carbons (Fsp3) is 0.632. The third-order valence-electron chi connectivity index (χ3n) is 4.51. The predicted molar refractivity (Wildman–Crippen MR) is 108 cm³/mol. The average molecular weight is 462 g/mol. The molecule has 0 bridgehead atoms. The van der Waals surface area contributed by atoms with Crippen LogP contribution >= 0.6 is 27.5 Å².